The highest BCUT2D eigenvalue weighted by molar-refractivity contribution is 7.46. The van der Waals surface area contributed by atoms with E-state index < -0.39 is 45.1 Å². The minimum atomic E-state index is -4.73. The van der Waals surface area contributed by atoms with Crippen molar-refractivity contribution in [1.82, 2.24) is 0 Å². The molecule has 1 rings (SSSR count). The van der Waals surface area contributed by atoms with Crippen LogP contribution < -0.4 is 5.73 Å². The second-order valence-electron chi connectivity index (χ2n) is 3.96. The number of aliphatic hydroxyl groups is 3. The van der Waals surface area contributed by atoms with E-state index in [1.54, 1.807) is 0 Å². The molecule has 1 aliphatic rings. The Bertz CT molecular complexity index is 323. The molecule has 5 atom stereocenters. The van der Waals surface area contributed by atoms with E-state index in [1.807, 2.05) is 0 Å². The molecule has 0 aromatic carbocycles. The summed E-state index contributed by atoms with van der Waals surface area (Å²) in [4.78, 5) is 17.1. The van der Waals surface area contributed by atoms with Gasteiger partial charge in [-0.25, -0.2) is 4.57 Å². The number of phosphoric acid groups is 1. The van der Waals surface area contributed by atoms with Crippen LogP contribution in [0, 0.1) is 0 Å². The lowest BCUT2D eigenvalue weighted by molar-refractivity contribution is -0.299. The topological polar surface area (TPSA) is 172 Å². The van der Waals surface area contributed by atoms with E-state index in [0.29, 0.717) is 0 Å². The molecular weight excluding hydrogens is 285 g/mol. The van der Waals surface area contributed by atoms with Gasteiger partial charge < -0.3 is 40.3 Å². The lowest BCUT2D eigenvalue weighted by Gasteiger charge is -2.40. The molecule has 10 nitrogen and oxygen atoms in total. The second kappa shape index (κ2) is 7.04. The smallest absolute Gasteiger partial charge is 0.387 e. The fourth-order valence-corrected chi connectivity index (χ4v) is 1.89. The van der Waals surface area contributed by atoms with Crippen molar-refractivity contribution in [3.63, 3.8) is 0 Å². The highest BCUT2D eigenvalue weighted by Gasteiger charge is 2.44. The first-order chi connectivity index (χ1) is 8.76. The lowest BCUT2D eigenvalue weighted by atomic mass is 9.99. The Morgan fingerprint density at radius 3 is 2.32 bits per heavy atom. The minimum absolute atomic E-state index is 0.0383. The average Bonchev–Trinajstić information content (AvgIpc) is 2.33. The maximum absolute atomic E-state index is 10.6. The van der Waals surface area contributed by atoms with Crippen molar-refractivity contribution in [1.29, 1.82) is 0 Å². The zero-order chi connectivity index (χ0) is 14.6. The average molecular weight is 303 g/mol. The molecule has 11 heteroatoms. The quantitative estimate of drug-likeness (QED) is 0.276. The van der Waals surface area contributed by atoms with Crippen LogP contribution in [-0.4, -0.2) is 75.6 Å². The van der Waals surface area contributed by atoms with E-state index in [0.717, 1.165) is 0 Å². The van der Waals surface area contributed by atoms with Gasteiger partial charge >= 0.3 is 7.82 Å². The van der Waals surface area contributed by atoms with Crippen LogP contribution in [0.2, 0.25) is 0 Å². The number of nitrogens with two attached hydrogens (primary N) is 1. The molecule has 0 bridgehead atoms. The molecule has 1 saturated heterocycles. The van der Waals surface area contributed by atoms with Crippen molar-refractivity contribution in [2.75, 3.05) is 19.8 Å². The SMILES string of the molecule is NCCO[C@H]1O[C@H](COP(=O)(O)O)[C@@H](O)[C@H](O)[C@@H]1O. The summed E-state index contributed by atoms with van der Waals surface area (Å²) in [5.74, 6) is 0. The maximum atomic E-state index is 10.6. The third-order valence-corrected chi connectivity index (χ3v) is 2.96. The number of phosphoric ester groups is 1. The Kier molecular flexibility index (Phi) is 6.27. The lowest BCUT2D eigenvalue weighted by Crippen LogP contribution is -2.59. The Morgan fingerprint density at radius 2 is 1.79 bits per heavy atom. The molecule has 7 N–H and O–H groups in total. The second-order valence-corrected chi connectivity index (χ2v) is 5.20. The molecule has 19 heavy (non-hydrogen) atoms. The molecule has 0 spiro atoms. The van der Waals surface area contributed by atoms with Crippen LogP contribution in [0.5, 0.6) is 0 Å². The molecular formula is C8H18NO9P. The van der Waals surface area contributed by atoms with E-state index in [4.69, 9.17) is 25.0 Å². The fraction of sp³-hybridized carbons (Fsp3) is 1.00. The number of aliphatic hydroxyl groups excluding tert-OH is 3. The van der Waals surface area contributed by atoms with Crippen LogP contribution in [0.4, 0.5) is 0 Å². The summed E-state index contributed by atoms with van der Waals surface area (Å²) in [7, 11) is -4.73. The molecule has 1 heterocycles. The predicted molar refractivity (Wildman–Crippen MR) is 59.7 cm³/mol. The number of hydrogen-bond acceptors (Lipinski definition) is 8. The monoisotopic (exact) mass is 303 g/mol. The highest BCUT2D eigenvalue weighted by Crippen LogP contribution is 2.37. The van der Waals surface area contributed by atoms with Crippen LogP contribution >= 0.6 is 7.82 Å². The van der Waals surface area contributed by atoms with Crippen molar-refractivity contribution < 1.29 is 43.7 Å². The first kappa shape index (κ1) is 16.9. The fourth-order valence-electron chi connectivity index (χ4n) is 1.55. The Balaban J connectivity index is 2.62. The molecule has 0 aliphatic carbocycles. The standard InChI is InChI=1S/C8H18NO9P/c9-1-2-16-8-7(12)6(11)5(10)4(18-8)3-17-19(13,14)15/h4-8,10-12H,1-3,9H2,(H2,13,14,15)/t4-,5-,6+,7+,8+/m1/s1. The highest BCUT2D eigenvalue weighted by atomic mass is 31.2. The summed E-state index contributed by atoms with van der Waals surface area (Å²) in [5.41, 5.74) is 5.20. The van der Waals surface area contributed by atoms with Gasteiger partial charge in [0.1, 0.15) is 24.4 Å². The van der Waals surface area contributed by atoms with E-state index >= 15 is 0 Å². The molecule has 0 aromatic rings. The summed E-state index contributed by atoms with van der Waals surface area (Å²) in [6.07, 6.45) is -7.20. The summed E-state index contributed by atoms with van der Waals surface area (Å²) < 4.78 is 24.8. The summed E-state index contributed by atoms with van der Waals surface area (Å²) in [6, 6.07) is 0. The Labute approximate surface area is 108 Å². The molecule has 114 valence electrons. The number of ether oxygens (including phenoxy) is 2. The van der Waals surface area contributed by atoms with Crippen LogP contribution in [-0.2, 0) is 18.6 Å². The first-order valence-electron chi connectivity index (χ1n) is 5.47. The number of hydrogen-bond donors (Lipinski definition) is 6. The normalized spacial score (nSPS) is 36.4. The summed E-state index contributed by atoms with van der Waals surface area (Å²) >= 11 is 0. The Morgan fingerprint density at radius 1 is 1.16 bits per heavy atom. The third kappa shape index (κ3) is 5.04. The van der Waals surface area contributed by atoms with Gasteiger partial charge in [0.2, 0.25) is 0 Å². The van der Waals surface area contributed by atoms with Crippen molar-refractivity contribution in [3.05, 3.63) is 0 Å². The molecule has 1 fully saturated rings. The van der Waals surface area contributed by atoms with Gasteiger partial charge in [-0.05, 0) is 0 Å². The van der Waals surface area contributed by atoms with Crippen molar-refractivity contribution in [3.8, 4) is 0 Å². The number of rotatable bonds is 6. The van der Waals surface area contributed by atoms with Crippen LogP contribution in [0.1, 0.15) is 0 Å². The first-order valence-corrected chi connectivity index (χ1v) is 7.00. The van der Waals surface area contributed by atoms with E-state index in [1.165, 1.54) is 0 Å². The van der Waals surface area contributed by atoms with Crippen molar-refractivity contribution in [2.45, 2.75) is 30.7 Å². The molecule has 0 radical (unpaired) electrons. The van der Waals surface area contributed by atoms with Crippen molar-refractivity contribution in [2.24, 2.45) is 5.73 Å². The molecule has 0 saturated carbocycles. The predicted octanol–water partition coefficient (Wildman–Crippen LogP) is -3.12. The van der Waals surface area contributed by atoms with Gasteiger partial charge in [0.15, 0.2) is 6.29 Å². The summed E-state index contributed by atoms with van der Waals surface area (Å²) in [6.45, 7) is -0.483. The van der Waals surface area contributed by atoms with Gasteiger partial charge in [0.25, 0.3) is 0 Å². The zero-order valence-corrected chi connectivity index (χ0v) is 10.8. The van der Waals surface area contributed by atoms with Crippen LogP contribution in [0.15, 0.2) is 0 Å². The van der Waals surface area contributed by atoms with Crippen molar-refractivity contribution >= 4 is 7.82 Å². The molecule has 1 aliphatic heterocycles. The minimum Gasteiger partial charge on any atom is -0.387 e. The van der Waals surface area contributed by atoms with E-state index in [9.17, 15) is 19.9 Å². The van der Waals surface area contributed by atoms with Gasteiger partial charge in [-0.2, -0.15) is 0 Å². The van der Waals surface area contributed by atoms with Gasteiger partial charge in [-0.3, -0.25) is 4.52 Å². The van der Waals surface area contributed by atoms with E-state index in [-0.39, 0.29) is 13.2 Å². The molecule has 0 amide bonds. The zero-order valence-electron chi connectivity index (χ0n) is 9.90. The largest absolute Gasteiger partial charge is 0.469 e. The van der Waals surface area contributed by atoms with Gasteiger partial charge in [0.05, 0.1) is 13.2 Å². The molecule has 0 aromatic heterocycles. The molecule has 0 unspecified atom stereocenters. The van der Waals surface area contributed by atoms with Crippen LogP contribution in [0.3, 0.4) is 0 Å². The van der Waals surface area contributed by atoms with Gasteiger partial charge in [0, 0.05) is 6.54 Å². The third-order valence-electron chi connectivity index (χ3n) is 2.48. The van der Waals surface area contributed by atoms with Gasteiger partial charge in [-0.15, -0.1) is 0 Å². The van der Waals surface area contributed by atoms with Gasteiger partial charge in [-0.1, -0.05) is 0 Å². The summed E-state index contributed by atoms with van der Waals surface area (Å²) in [5, 5.41) is 28.8. The van der Waals surface area contributed by atoms with Crippen LogP contribution in [0.25, 0.3) is 0 Å². The van der Waals surface area contributed by atoms with E-state index in [2.05, 4.69) is 4.52 Å². The Hall–Kier alpha value is -0.130. The maximum Gasteiger partial charge on any atom is 0.469 e.